The normalized spacial score (nSPS) is 11.3. The van der Waals surface area contributed by atoms with Gasteiger partial charge in [0.15, 0.2) is 11.8 Å². The summed E-state index contributed by atoms with van der Waals surface area (Å²) in [6.45, 7) is 3.07. The number of rotatable bonds is 3. The fourth-order valence-electron chi connectivity index (χ4n) is 1.05. The summed E-state index contributed by atoms with van der Waals surface area (Å²) in [5, 5.41) is 4.20. The van der Waals surface area contributed by atoms with Crippen molar-refractivity contribution >= 4 is 17.9 Å². The molecule has 1 heterocycles. The molecule has 0 spiro atoms. The maximum Gasteiger partial charge on any atom is 0.359 e. The Morgan fingerprint density at radius 1 is 1.26 bits per heavy atom. The lowest BCUT2D eigenvalue weighted by Crippen LogP contribution is -2.43. The van der Waals surface area contributed by atoms with Gasteiger partial charge in [0.05, 0.1) is 11.9 Å². The van der Waals surface area contributed by atoms with Gasteiger partial charge in [-0.25, -0.2) is 14.6 Å². The van der Waals surface area contributed by atoms with Crippen molar-refractivity contribution < 1.29 is 19.1 Å². The molecule has 3 amide bonds. The third kappa shape index (κ3) is 4.34. The van der Waals surface area contributed by atoms with Crippen LogP contribution in [-0.4, -0.2) is 41.0 Å². The Balaban J connectivity index is 2.59. The van der Waals surface area contributed by atoms with E-state index in [9.17, 15) is 14.4 Å². The maximum absolute atomic E-state index is 11.6. The van der Waals surface area contributed by atoms with E-state index in [0.29, 0.717) is 5.69 Å². The minimum atomic E-state index is -1.12. The number of nitrogens with zero attached hydrogens (tertiary/aromatic N) is 2. The van der Waals surface area contributed by atoms with Crippen LogP contribution >= 0.6 is 0 Å². The van der Waals surface area contributed by atoms with E-state index in [4.69, 9.17) is 4.74 Å². The largest absolute Gasteiger partial charge is 0.448 e. The number of hydrogen-bond acceptors (Lipinski definition) is 6. The van der Waals surface area contributed by atoms with E-state index in [1.54, 1.807) is 6.92 Å². The standard InChI is InChI=1S/C11H14N4O4/c1-6-4-14-8(5-13-6)10(17)19-7(2)9(16)15-11(18)12-3/h4-5,7H,1-3H3,(H2,12,15,16,18)/t7-/m1/s1. The number of ether oxygens (including phenoxy) is 1. The molecule has 0 aliphatic heterocycles. The molecule has 102 valence electrons. The maximum atomic E-state index is 11.6. The van der Waals surface area contributed by atoms with Crippen molar-refractivity contribution in [2.45, 2.75) is 20.0 Å². The van der Waals surface area contributed by atoms with Crippen LogP contribution < -0.4 is 10.6 Å². The Kier molecular flexibility index (Phi) is 4.92. The average molecular weight is 266 g/mol. The van der Waals surface area contributed by atoms with Crippen molar-refractivity contribution in [3.05, 3.63) is 23.8 Å². The summed E-state index contributed by atoms with van der Waals surface area (Å²) >= 11 is 0. The smallest absolute Gasteiger partial charge is 0.359 e. The minimum Gasteiger partial charge on any atom is -0.448 e. The van der Waals surface area contributed by atoms with E-state index < -0.39 is 24.0 Å². The molecule has 0 aliphatic carbocycles. The number of carbonyl (C=O) groups is 3. The molecule has 0 fully saturated rings. The summed E-state index contributed by atoms with van der Waals surface area (Å²) < 4.78 is 4.85. The highest BCUT2D eigenvalue weighted by atomic mass is 16.5. The summed E-state index contributed by atoms with van der Waals surface area (Å²) in [5.41, 5.74) is 0.646. The van der Waals surface area contributed by atoms with Crippen LogP contribution in [-0.2, 0) is 9.53 Å². The summed E-state index contributed by atoms with van der Waals surface area (Å²) in [6.07, 6.45) is 1.54. The van der Waals surface area contributed by atoms with Gasteiger partial charge in [-0.05, 0) is 13.8 Å². The fraction of sp³-hybridized carbons (Fsp3) is 0.364. The van der Waals surface area contributed by atoms with Crippen LogP contribution in [0.5, 0.6) is 0 Å². The van der Waals surface area contributed by atoms with Gasteiger partial charge >= 0.3 is 12.0 Å². The second kappa shape index (κ2) is 6.43. The molecule has 0 aliphatic rings. The van der Waals surface area contributed by atoms with Crippen LogP contribution in [0.4, 0.5) is 4.79 Å². The molecular weight excluding hydrogens is 252 g/mol. The molecule has 19 heavy (non-hydrogen) atoms. The number of urea groups is 1. The molecule has 8 nitrogen and oxygen atoms in total. The number of aromatic nitrogens is 2. The highest BCUT2D eigenvalue weighted by Crippen LogP contribution is 2.01. The third-order valence-electron chi connectivity index (χ3n) is 2.11. The summed E-state index contributed by atoms with van der Waals surface area (Å²) in [6, 6.07) is -0.678. The first-order chi connectivity index (χ1) is 8.93. The van der Waals surface area contributed by atoms with E-state index in [1.165, 1.54) is 26.4 Å². The van der Waals surface area contributed by atoms with Gasteiger partial charge in [0.25, 0.3) is 5.91 Å². The van der Waals surface area contributed by atoms with E-state index in [2.05, 4.69) is 15.3 Å². The number of amides is 3. The van der Waals surface area contributed by atoms with Crippen LogP contribution in [0, 0.1) is 6.92 Å². The highest BCUT2D eigenvalue weighted by molar-refractivity contribution is 5.98. The van der Waals surface area contributed by atoms with Crippen LogP contribution in [0.1, 0.15) is 23.1 Å². The van der Waals surface area contributed by atoms with Crippen LogP contribution in [0.3, 0.4) is 0 Å². The van der Waals surface area contributed by atoms with Gasteiger partial charge in [-0.3, -0.25) is 15.1 Å². The SMILES string of the molecule is CNC(=O)NC(=O)[C@@H](C)OC(=O)c1cnc(C)cn1. The van der Waals surface area contributed by atoms with Crippen molar-refractivity contribution in [1.82, 2.24) is 20.6 Å². The van der Waals surface area contributed by atoms with E-state index in [1.807, 2.05) is 5.32 Å². The summed E-state index contributed by atoms with van der Waals surface area (Å²) in [7, 11) is 1.36. The molecule has 0 bridgehead atoms. The minimum absolute atomic E-state index is 0.00908. The topological polar surface area (TPSA) is 110 Å². The summed E-state index contributed by atoms with van der Waals surface area (Å²) in [5.74, 6) is -1.51. The van der Waals surface area contributed by atoms with Crippen molar-refractivity contribution in [1.29, 1.82) is 0 Å². The van der Waals surface area contributed by atoms with Crippen LogP contribution in [0.2, 0.25) is 0 Å². The third-order valence-corrected chi connectivity index (χ3v) is 2.11. The van der Waals surface area contributed by atoms with Gasteiger partial charge in [-0.15, -0.1) is 0 Å². The number of imide groups is 1. The molecule has 0 saturated carbocycles. The molecule has 1 aromatic rings. The fourth-order valence-corrected chi connectivity index (χ4v) is 1.05. The summed E-state index contributed by atoms with van der Waals surface area (Å²) in [4.78, 5) is 41.7. The van der Waals surface area contributed by atoms with Crippen molar-refractivity contribution in [3.8, 4) is 0 Å². The zero-order valence-corrected chi connectivity index (χ0v) is 10.8. The molecule has 0 radical (unpaired) electrons. The molecule has 1 atom stereocenters. The van der Waals surface area contributed by atoms with Crippen molar-refractivity contribution in [2.24, 2.45) is 0 Å². The second-order valence-corrected chi connectivity index (χ2v) is 3.66. The van der Waals surface area contributed by atoms with Gasteiger partial charge < -0.3 is 10.1 Å². The molecule has 0 unspecified atom stereocenters. The lowest BCUT2D eigenvalue weighted by atomic mass is 10.3. The van der Waals surface area contributed by atoms with Crippen molar-refractivity contribution in [2.75, 3.05) is 7.05 Å². The molecule has 0 aromatic carbocycles. The van der Waals surface area contributed by atoms with Crippen molar-refractivity contribution in [3.63, 3.8) is 0 Å². The lowest BCUT2D eigenvalue weighted by Gasteiger charge is -2.12. The predicted octanol–water partition coefficient (Wildman–Crippen LogP) is -0.214. The zero-order chi connectivity index (χ0) is 14.4. The van der Waals surface area contributed by atoms with Gasteiger partial charge in [-0.1, -0.05) is 0 Å². The van der Waals surface area contributed by atoms with Crippen LogP contribution in [0.25, 0.3) is 0 Å². The van der Waals surface area contributed by atoms with Gasteiger partial charge in [0.2, 0.25) is 0 Å². The van der Waals surface area contributed by atoms with Gasteiger partial charge in [-0.2, -0.15) is 0 Å². The number of nitrogens with one attached hydrogen (secondary N) is 2. The molecule has 1 aromatic heterocycles. The first kappa shape index (κ1) is 14.6. The van der Waals surface area contributed by atoms with Gasteiger partial charge in [0.1, 0.15) is 0 Å². The number of esters is 1. The van der Waals surface area contributed by atoms with E-state index in [-0.39, 0.29) is 5.69 Å². The Bertz CT molecular complexity index is 486. The Hall–Kier alpha value is -2.51. The Labute approximate surface area is 109 Å². The predicted molar refractivity (Wildman–Crippen MR) is 64.2 cm³/mol. The Morgan fingerprint density at radius 2 is 1.95 bits per heavy atom. The first-order valence-corrected chi connectivity index (χ1v) is 5.46. The van der Waals surface area contributed by atoms with Gasteiger partial charge in [0, 0.05) is 13.2 Å². The van der Waals surface area contributed by atoms with E-state index >= 15 is 0 Å². The molecular formula is C11H14N4O4. The van der Waals surface area contributed by atoms with E-state index in [0.717, 1.165) is 0 Å². The molecule has 0 saturated heterocycles. The first-order valence-electron chi connectivity index (χ1n) is 5.46. The average Bonchev–Trinajstić information content (AvgIpc) is 2.38. The number of carbonyl (C=O) groups excluding carboxylic acids is 3. The molecule has 8 heteroatoms. The zero-order valence-electron chi connectivity index (χ0n) is 10.8. The number of hydrogen-bond donors (Lipinski definition) is 2. The quantitative estimate of drug-likeness (QED) is 0.732. The highest BCUT2D eigenvalue weighted by Gasteiger charge is 2.21. The lowest BCUT2D eigenvalue weighted by molar-refractivity contribution is -0.127. The van der Waals surface area contributed by atoms with Crippen LogP contribution in [0.15, 0.2) is 12.4 Å². The second-order valence-electron chi connectivity index (χ2n) is 3.66. The monoisotopic (exact) mass is 266 g/mol. The Morgan fingerprint density at radius 3 is 2.47 bits per heavy atom. The number of aryl methyl sites for hydroxylation is 1. The molecule has 1 rings (SSSR count). The molecule has 2 N–H and O–H groups in total.